The average molecular weight is 246 g/mol. The van der Waals surface area contributed by atoms with Gasteiger partial charge in [0.2, 0.25) is 5.91 Å². The molecule has 1 unspecified atom stereocenters. The van der Waals surface area contributed by atoms with Gasteiger partial charge in [0.25, 0.3) is 0 Å². The number of benzene rings is 1. The van der Waals surface area contributed by atoms with Crippen LogP contribution in [0.5, 0.6) is 0 Å². The highest BCUT2D eigenvalue weighted by Gasteiger charge is 2.30. The Morgan fingerprint density at radius 2 is 2.39 bits per heavy atom. The first-order valence-electron chi connectivity index (χ1n) is 5.96. The molecule has 3 rings (SSSR count). The number of oxazole rings is 1. The second-order valence-electron chi connectivity index (χ2n) is 4.64. The van der Waals surface area contributed by atoms with Crippen LogP contribution < -0.4 is 4.90 Å². The van der Waals surface area contributed by atoms with Crippen LogP contribution in [0.15, 0.2) is 22.6 Å². The first-order valence-corrected chi connectivity index (χ1v) is 5.96. The lowest BCUT2D eigenvalue weighted by atomic mass is 10.1. The fourth-order valence-electron chi connectivity index (χ4n) is 2.35. The Balaban J connectivity index is 1.96. The van der Waals surface area contributed by atoms with Gasteiger partial charge >= 0.3 is 0 Å². The molecule has 5 nitrogen and oxygen atoms in total. The minimum Gasteiger partial charge on any atom is -0.441 e. The van der Waals surface area contributed by atoms with Gasteiger partial charge in [-0.05, 0) is 18.2 Å². The maximum Gasteiger partial charge on any atom is 0.227 e. The molecule has 0 saturated carbocycles. The second-order valence-corrected chi connectivity index (χ2v) is 4.64. The van der Waals surface area contributed by atoms with E-state index in [1.165, 1.54) is 0 Å². The van der Waals surface area contributed by atoms with Gasteiger partial charge in [-0.3, -0.25) is 4.79 Å². The Kier molecular flexibility index (Phi) is 2.56. The number of hydrogen-bond donors (Lipinski definition) is 1. The van der Waals surface area contributed by atoms with Crippen molar-refractivity contribution in [3.63, 3.8) is 0 Å². The molecular weight excluding hydrogens is 232 g/mol. The van der Waals surface area contributed by atoms with Gasteiger partial charge in [0.05, 0.1) is 0 Å². The lowest BCUT2D eigenvalue weighted by Crippen LogP contribution is -2.24. The highest BCUT2D eigenvalue weighted by atomic mass is 16.3. The van der Waals surface area contributed by atoms with Gasteiger partial charge in [0.1, 0.15) is 5.52 Å². The Hall–Kier alpha value is -1.88. The fourth-order valence-corrected chi connectivity index (χ4v) is 2.35. The number of amides is 1. The van der Waals surface area contributed by atoms with Crippen LogP contribution in [0.4, 0.5) is 5.69 Å². The maximum atomic E-state index is 11.9. The topological polar surface area (TPSA) is 66.6 Å². The van der Waals surface area contributed by atoms with Crippen molar-refractivity contribution < 1.29 is 14.3 Å². The molecule has 1 amide bonds. The minimum absolute atomic E-state index is 0.0345. The number of fused-ring (bicyclic) bond motifs is 1. The van der Waals surface area contributed by atoms with Crippen LogP contribution in [0.25, 0.3) is 11.1 Å². The van der Waals surface area contributed by atoms with Gasteiger partial charge in [0.15, 0.2) is 11.5 Å². The Morgan fingerprint density at radius 3 is 3.11 bits per heavy atom. The van der Waals surface area contributed by atoms with E-state index < -0.39 is 0 Å². The Bertz CT molecular complexity index is 605. The lowest BCUT2D eigenvalue weighted by molar-refractivity contribution is -0.117. The zero-order valence-corrected chi connectivity index (χ0v) is 10.1. The van der Waals surface area contributed by atoms with E-state index in [2.05, 4.69) is 4.98 Å². The summed E-state index contributed by atoms with van der Waals surface area (Å²) in [5.74, 6) is 0.698. The van der Waals surface area contributed by atoms with Crippen molar-refractivity contribution in [1.82, 2.24) is 4.98 Å². The average Bonchev–Trinajstić information content (AvgIpc) is 2.89. The van der Waals surface area contributed by atoms with Crippen LogP contribution in [0.3, 0.4) is 0 Å². The molecule has 0 spiro atoms. The number of anilines is 1. The van der Waals surface area contributed by atoms with E-state index in [9.17, 15) is 4.79 Å². The summed E-state index contributed by atoms with van der Waals surface area (Å²) in [7, 11) is 0. The summed E-state index contributed by atoms with van der Waals surface area (Å²) in [6.45, 7) is 2.41. The molecule has 94 valence electrons. The molecule has 1 aliphatic heterocycles. The smallest absolute Gasteiger partial charge is 0.227 e. The van der Waals surface area contributed by atoms with Crippen molar-refractivity contribution in [3.05, 3.63) is 24.1 Å². The van der Waals surface area contributed by atoms with Gasteiger partial charge in [-0.15, -0.1) is 0 Å². The van der Waals surface area contributed by atoms with Crippen LogP contribution in [0, 0.1) is 12.8 Å². The lowest BCUT2D eigenvalue weighted by Gasteiger charge is -2.16. The van der Waals surface area contributed by atoms with E-state index in [1.807, 2.05) is 18.2 Å². The number of aryl methyl sites for hydroxylation is 1. The zero-order chi connectivity index (χ0) is 12.7. The summed E-state index contributed by atoms with van der Waals surface area (Å²) in [4.78, 5) is 17.8. The van der Waals surface area contributed by atoms with Crippen molar-refractivity contribution in [3.8, 4) is 0 Å². The third kappa shape index (κ3) is 1.76. The molecule has 1 saturated heterocycles. The largest absolute Gasteiger partial charge is 0.441 e. The molecule has 5 heteroatoms. The molecule has 1 fully saturated rings. The van der Waals surface area contributed by atoms with Crippen LogP contribution in [0.2, 0.25) is 0 Å². The number of carbonyl (C=O) groups is 1. The molecule has 1 aromatic carbocycles. The summed E-state index contributed by atoms with van der Waals surface area (Å²) in [6.07, 6.45) is 0.409. The molecule has 1 atom stereocenters. The number of aliphatic hydroxyl groups excluding tert-OH is 1. The molecule has 0 aliphatic carbocycles. The second kappa shape index (κ2) is 4.10. The van der Waals surface area contributed by atoms with Crippen molar-refractivity contribution in [2.24, 2.45) is 5.92 Å². The Labute approximate surface area is 104 Å². The summed E-state index contributed by atoms with van der Waals surface area (Å²) >= 11 is 0. The van der Waals surface area contributed by atoms with E-state index in [-0.39, 0.29) is 18.4 Å². The van der Waals surface area contributed by atoms with Gasteiger partial charge in [-0.25, -0.2) is 4.98 Å². The summed E-state index contributed by atoms with van der Waals surface area (Å²) in [5, 5.41) is 9.12. The standard InChI is InChI=1S/C13H14N2O3/c1-8-14-11-5-10(2-3-12(11)18-8)15-6-9(7-16)4-13(15)17/h2-3,5,9,16H,4,6-7H2,1H3. The van der Waals surface area contributed by atoms with Gasteiger partial charge in [-0.1, -0.05) is 0 Å². The number of aromatic nitrogens is 1. The van der Waals surface area contributed by atoms with Crippen LogP contribution in [0.1, 0.15) is 12.3 Å². The van der Waals surface area contributed by atoms with Gasteiger partial charge in [0, 0.05) is 38.1 Å². The number of hydrogen-bond acceptors (Lipinski definition) is 4. The van der Waals surface area contributed by atoms with Crippen molar-refractivity contribution in [1.29, 1.82) is 0 Å². The van der Waals surface area contributed by atoms with E-state index in [1.54, 1.807) is 11.8 Å². The van der Waals surface area contributed by atoms with Gasteiger partial charge < -0.3 is 14.4 Å². The van der Waals surface area contributed by atoms with E-state index in [0.717, 1.165) is 16.8 Å². The van der Waals surface area contributed by atoms with Crippen molar-refractivity contribution in [2.45, 2.75) is 13.3 Å². The molecule has 1 aromatic heterocycles. The summed E-state index contributed by atoms with van der Waals surface area (Å²) in [5.41, 5.74) is 2.30. The van der Waals surface area contributed by atoms with Crippen LogP contribution in [-0.2, 0) is 4.79 Å². The van der Waals surface area contributed by atoms with Crippen molar-refractivity contribution >= 4 is 22.7 Å². The molecule has 2 heterocycles. The fraction of sp³-hybridized carbons (Fsp3) is 0.385. The SMILES string of the molecule is Cc1nc2cc(N3CC(CO)CC3=O)ccc2o1. The monoisotopic (exact) mass is 246 g/mol. The molecular formula is C13H14N2O3. The maximum absolute atomic E-state index is 11.9. The molecule has 2 aromatic rings. The number of rotatable bonds is 2. The van der Waals surface area contributed by atoms with E-state index in [4.69, 9.17) is 9.52 Å². The Morgan fingerprint density at radius 1 is 1.56 bits per heavy atom. The molecule has 18 heavy (non-hydrogen) atoms. The number of nitrogens with zero attached hydrogens (tertiary/aromatic N) is 2. The molecule has 0 radical (unpaired) electrons. The number of carbonyl (C=O) groups excluding carboxylic acids is 1. The normalized spacial score (nSPS) is 20.0. The predicted molar refractivity (Wildman–Crippen MR) is 66.3 cm³/mol. The third-order valence-electron chi connectivity index (χ3n) is 3.25. The highest BCUT2D eigenvalue weighted by molar-refractivity contribution is 5.97. The predicted octanol–water partition coefficient (Wildman–Crippen LogP) is 1.48. The van der Waals surface area contributed by atoms with Gasteiger partial charge in [-0.2, -0.15) is 0 Å². The highest BCUT2D eigenvalue weighted by Crippen LogP contribution is 2.28. The van der Waals surface area contributed by atoms with Crippen LogP contribution in [-0.4, -0.2) is 29.1 Å². The van der Waals surface area contributed by atoms with E-state index >= 15 is 0 Å². The minimum atomic E-state index is 0.0345. The summed E-state index contributed by atoms with van der Waals surface area (Å²) < 4.78 is 5.40. The summed E-state index contributed by atoms with van der Waals surface area (Å²) in [6, 6.07) is 5.53. The van der Waals surface area contributed by atoms with Crippen molar-refractivity contribution in [2.75, 3.05) is 18.1 Å². The molecule has 0 bridgehead atoms. The van der Waals surface area contributed by atoms with Crippen LogP contribution >= 0.6 is 0 Å². The third-order valence-corrected chi connectivity index (χ3v) is 3.25. The first-order chi connectivity index (χ1) is 8.67. The molecule has 1 aliphatic rings. The number of aliphatic hydroxyl groups is 1. The molecule has 1 N–H and O–H groups in total. The zero-order valence-electron chi connectivity index (χ0n) is 10.1. The first kappa shape index (κ1) is 11.2. The quantitative estimate of drug-likeness (QED) is 0.871. The van der Waals surface area contributed by atoms with E-state index in [0.29, 0.717) is 18.9 Å².